The van der Waals surface area contributed by atoms with Crippen LogP contribution in [0.25, 0.3) is 0 Å². The first-order valence-corrected chi connectivity index (χ1v) is 7.65. The Hall–Kier alpha value is -1.59. The summed E-state index contributed by atoms with van der Waals surface area (Å²) in [5.74, 6) is 0.834. The summed E-state index contributed by atoms with van der Waals surface area (Å²) in [6.07, 6.45) is 1.96. The zero-order valence-electron chi connectivity index (χ0n) is 12.4. The number of amides is 1. The number of benzene rings is 1. The zero-order chi connectivity index (χ0) is 14.7. The summed E-state index contributed by atoms with van der Waals surface area (Å²) in [5, 5.41) is 6.39. The maximum Gasteiger partial charge on any atom is 0.231 e. The van der Waals surface area contributed by atoms with Crippen LogP contribution in [0.1, 0.15) is 18.9 Å². The van der Waals surface area contributed by atoms with Crippen molar-refractivity contribution in [3.63, 3.8) is 0 Å². The fourth-order valence-corrected chi connectivity index (χ4v) is 2.84. The number of carbonyl (C=O) groups is 1. The second kappa shape index (κ2) is 6.45. The number of hydrogen-bond acceptors (Lipinski definition) is 4. The number of nitrogens with one attached hydrogen (secondary N) is 2. The van der Waals surface area contributed by atoms with E-state index in [0.29, 0.717) is 13.2 Å². The van der Waals surface area contributed by atoms with Crippen molar-refractivity contribution in [1.29, 1.82) is 0 Å². The van der Waals surface area contributed by atoms with Gasteiger partial charge >= 0.3 is 0 Å². The molecule has 0 radical (unpaired) electrons. The lowest BCUT2D eigenvalue weighted by Gasteiger charge is -2.18. The maximum atomic E-state index is 12.4. The number of rotatable bonds is 5. The molecule has 1 saturated heterocycles. The van der Waals surface area contributed by atoms with Gasteiger partial charge < -0.3 is 20.1 Å². The first-order chi connectivity index (χ1) is 10.3. The molecule has 114 valence electrons. The molecule has 2 aliphatic rings. The van der Waals surface area contributed by atoms with Gasteiger partial charge in [0.05, 0.1) is 25.7 Å². The van der Waals surface area contributed by atoms with Crippen LogP contribution in [0.15, 0.2) is 18.2 Å². The Balaban J connectivity index is 1.63. The summed E-state index contributed by atoms with van der Waals surface area (Å²) in [7, 11) is 0. The second-order valence-electron chi connectivity index (χ2n) is 5.61. The average molecular weight is 290 g/mol. The minimum atomic E-state index is -0.124. The predicted octanol–water partition coefficient (Wildman–Crippen LogP) is 1.57. The molecule has 2 unspecified atom stereocenters. The minimum absolute atomic E-state index is 0.0277. The molecule has 0 aromatic heterocycles. The van der Waals surface area contributed by atoms with Gasteiger partial charge in [-0.3, -0.25) is 4.79 Å². The molecule has 5 nitrogen and oxygen atoms in total. The van der Waals surface area contributed by atoms with Gasteiger partial charge in [-0.15, -0.1) is 0 Å². The molecule has 1 amide bonds. The van der Waals surface area contributed by atoms with E-state index in [9.17, 15) is 4.79 Å². The van der Waals surface area contributed by atoms with E-state index in [-0.39, 0.29) is 17.9 Å². The molecule has 3 rings (SSSR count). The number of anilines is 1. The van der Waals surface area contributed by atoms with E-state index < -0.39 is 0 Å². The van der Waals surface area contributed by atoms with Crippen molar-refractivity contribution in [3.05, 3.63) is 23.8 Å². The van der Waals surface area contributed by atoms with Crippen LogP contribution in [0.4, 0.5) is 5.69 Å². The molecule has 2 aliphatic heterocycles. The average Bonchev–Trinajstić information content (AvgIpc) is 3.13. The van der Waals surface area contributed by atoms with Gasteiger partial charge in [-0.25, -0.2) is 0 Å². The Bertz CT molecular complexity index is 518. The van der Waals surface area contributed by atoms with E-state index in [1.54, 1.807) is 0 Å². The molecule has 0 saturated carbocycles. The number of ether oxygens (including phenoxy) is 2. The molecule has 5 heteroatoms. The highest BCUT2D eigenvalue weighted by molar-refractivity contribution is 5.93. The molecule has 1 aromatic rings. The Morgan fingerprint density at radius 1 is 1.38 bits per heavy atom. The van der Waals surface area contributed by atoms with Crippen molar-refractivity contribution < 1.29 is 14.3 Å². The largest absolute Gasteiger partial charge is 0.493 e. The summed E-state index contributed by atoms with van der Waals surface area (Å²) >= 11 is 0. The smallest absolute Gasteiger partial charge is 0.231 e. The lowest BCUT2D eigenvalue weighted by molar-refractivity contribution is -0.120. The SMILES string of the molecule is CCCNC1COCC1C(=O)Nc1ccc2c(c1)CCO2. The van der Waals surface area contributed by atoms with Crippen molar-refractivity contribution in [1.82, 2.24) is 5.32 Å². The summed E-state index contributed by atoms with van der Waals surface area (Å²) in [6.45, 7) is 4.85. The molecule has 1 aromatic carbocycles. The normalized spacial score (nSPS) is 23.7. The third-order valence-electron chi connectivity index (χ3n) is 4.03. The van der Waals surface area contributed by atoms with Crippen LogP contribution in [-0.2, 0) is 16.0 Å². The second-order valence-corrected chi connectivity index (χ2v) is 5.61. The lowest BCUT2D eigenvalue weighted by atomic mass is 10.0. The van der Waals surface area contributed by atoms with Crippen LogP contribution in [0.5, 0.6) is 5.75 Å². The van der Waals surface area contributed by atoms with Crippen molar-refractivity contribution in [2.45, 2.75) is 25.8 Å². The molecule has 0 bridgehead atoms. The fourth-order valence-electron chi connectivity index (χ4n) is 2.84. The highest BCUT2D eigenvalue weighted by Crippen LogP contribution is 2.28. The molecule has 2 N–H and O–H groups in total. The Morgan fingerprint density at radius 3 is 3.14 bits per heavy atom. The van der Waals surface area contributed by atoms with E-state index in [4.69, 9.17) is 9.47 Å². The van der Waals surface area contributed by atoms with Gasteiger partial charge in [-0.2, -0.15) is 0 Å². The van der Waals surface area contributed by atoms with Gasteiger partial charge in [0.25, 0.3) is 0 Å². The minimum Gasteiger partial charge on any atom is -0.493 e. The first kappa shape index (κ1) is 14.4. The standard InChI is InChI=1S/C16H22N2O3/c1-2-6-17-14-10-20-9-13(14)16(19)18-12-3-4-15-11(8-12)5-7-21-15/h3-4,8,13-14,17H,2,5-7,9-10H2,1H3,(H,18,19). The highest BCUT2D eigenvalue weighted by atomic mass is 16.5. The molecular formula is C16H22N2O3. The molecule has 0 aliphatic carbocycles. The van der Waals surface area contributed by atoms with E-state index in [1.165, 1.54) is 0 Å². The van der Waals surface area contributed by atoms with E-state index in [1.807, 2.05) is 18.2 Å². The van der Waals surface area contributed by atoms with Crippen molar-refractivity contribution in [2.75, 3.05) is 31.7 Å². The third-order valence-corrected chi connectivity index (χ3v) is 4.03. The van der Waals surface area contributed by atoms with Crippen LogP contribution in [0.3, 0.4) is 0 Å². The predicted molar refractivity (Wildman–Crippen MR) is 80.7 cm³/mol. The van der Waals surface area contributed by atoms with Gasteiger partial charge in [-0.05, 0) is 36.7 Å². The zero-order valence-corrected chi connectivity index (χ0v) is 12.4. The maximum absolute atomic E-state index is 12.4. The molecule has 0 spiro atoms. The van der Waals surface area contributed by atoms with E-state index in [2.05, 4.69) is 17.6 Å². The van der Waals surface area contributed by atoms with Crippen LogP contribution in [-0.4, -0.2) is 38.3 Å². The Labute approximate surface area is 125 Å². The van der Waals surface area contributed by atoms with Crippen molar-refractivity contribution in [3.8, 4) is 5.75 Å². The van der Waals surface area contributed by atoms with Crippen LogP contribution in [0, 0.1) is 5.92 Å². The molecule has 2 heterocycles. The van der Waals surface area contributed by atoms with Gasteiger partial charge in [0.1, 0.15) is 5.75 Å². The monoisotopic (exact) mass is 290 g/mol. The number of fused-ring (bicyclic) bond motifs is 1. The van der Waals surface area contributed by atoms with Gasteiger partial charge in [-0.1, -0.05) is 6.92 Å². The number of hydrogen-bond donors (Lipinski definition) is 2. The molecular weight excluding hydrogens is 268 g/mol. The topological polar surface area (TPSA) is 59.6 Å². The molecule has 21 heavy (non-hydrogen) atoms. The summed E-state index contributed by atoms with van der Waals surface area (Å²) in [4.78, 5) is 12.4. The van der Waals surface area contributed by atoms with Gasteiger partial charge in [0, 0.05) is 18.2 Å². The van der Waals surface area contributed by atoms with Crippen LogP contribution in [0.2, 0.25) is 0 Å². The quantitative estimate of drug-likeness (QED) is 0.864. The summed E-state index contributed by atoms with van der Waals surface area (Å²) in [5.41, 5.74) is 2.00. The third kappa shape index (κ3) is 3.19. The van der Waals surface area contributed by atoms with Crippen LogP contribution < -0.4 is 15.4 Å². The summed E-state index contributed by atoms with van der Waals surface area (Å²) < 4.78 is 10.9. The Morgan fingerprint density at radius 2 is 2.29 bits per heavy atom. The molecule has 2 atom stereocenters. The first-order valence-electron chi connectivity index (χ1n) is 7.65. The van der Waals surface area contributed by atoms with Gasteiger partial charge in [0.2, 0.25) is 5.91 Å². The van der Waals surface area contributed by atoms with E-state index in [0.717, 1.165) is 43.0 Å². The molecule has 1 fully saturated rings. The summed E-state index contributed by atoms with van der Waals surface area (Å²) in [6, 6.07) is 5.94. The van der Waals surface area contributed by atoms with Crippen molar-refractivity contribution >= 4 is 11.6 Å². The van der Waals surface area contributed by atoms with Gasteiger partial charge in [0.15, 0.2) is 0 Å². The van der Waals surface area contributed by atoms with E-state index >= 15 is 0 Å². The lowest BCUT2D eigenvalue weighted by Crippen LogP contribution is -2.41. The van der Waals surface area contributed by atoms with Crippen LogP contribution >= 0.6 is 0 Å². The number of carbonyl (C=O) groups excluding carboxylic acids is 1. The Kier molecular flexibility index (Phi) is 4.41. The highest BCUT2D eigenvalue weighted by Gasteiger charge is 2.33. The fraction of sp³-hybridized carbons (Fsp3) is 0.562. The van der Waals surface area contributed by atoms with Crippen molar-refractivity contribution in [2.24, 2.45) is 5.92 Å².